The second kappa shape index (κ2) is 4.23. The second-order valence-corrected chi connectivity index (χ2v) is 3.51. The number of hydrogen-bond acceptors (Lipinski definition) is 1. The summed E-state index contributed by atoms with van der Waals surface area (Å²) in [4.78, 5) is 4.25. The van der Waals surface area contributed by atoms with Crippen LogP contribution in [0.25, 0.3) is 6.08 Å². The molecule has 0 N–H and O–H groups in total. The van der Waals surface area contributed by atoms with Crippen LogP contribution < -0.4 is 0 Å². The Morgan fingerprint density at radius 1 is 1.36 bits per heavy atom. The van der Waals surface area contributed by atoms with Crippen molar-refractivity contribution >= 4 is 12.3 Å². The van der Waals surface area contributed by atoms with Crippen LogP contribution in [0.1, 0.15) is 30.4 Å². The highest BCUT2D eigenvalue weighted by Gasteiger charge is 2.14. The third kappa shape index (κ3) is 1.77. The molecule has 0 spiro atoms. The molecule has 0 fully saturated rings. The van der Waals surface area contributed by atoms with Gasteiger partial charge in [-0.15, -0.1) is 0 Å². The minimum Gasteiger partial charge on any atom is -0.298 e. The first-order valence-electron chi connectivity index (χ1n) is 5.17. The topological polar surface area (TPSA) is 12.4 Å². The number of nitrogens with zero attached hydrogens (tertiary/aromatic N) is 1. The molecule has 1 nitrogen and oxygen atoms in total. The lowest BCUT2D eigenvalue weighted by Crippen LogP contribution is -1.93. The van der Waals surface area contributed by atoms with Crippen molar-refractivity contribution in [1.82, 2.24) is 0 Å². The molecule has 0 saturated carbocycles. The molecule has 14 heavy (non-hydrogen) atoms. The summed E-state index contributed by atoms with van der Waals surface area (Å²) in [5, 5.41) is 0. The van der Waals surface area contributed by atoms with E-state index in [2.05, 4.69) is 48.3 Å². The van der Waals surface area contributed by atoms with E-state index in [0.717, 1.165) is 13.0 Å². The van der Waals surface area contributed by atoms with Gasteiger partial charge in [-0.3, -0.25) is 4.99 Å². The van der Waals surface area contributed by atoms with Crippen LogP contribution in [-0.4, -0.2) is 12.8 Å². The standard InChI is InChI=1S/C13H15N/c1-2-14-10-9-12-8-7-11-5-3-4-6-13(11)12/h3-8,10,12H,2,9H2,1H3. The van der Waals surface area contributed by atoms with Gasteiger partial charge in [0.1, 0.15) is 0 Å². The SMILES string of the molecule is CCN=CCC1C=Cc2ccccc21. The van der Waals surface area contributed by atoms with Crippen molar-refractivity contribution in [2.24, 2.45) is 4.99 Å². The highest BCUT2D eigenvalue weighted by molar-refractivity contribution is 5.67. The molecule has 1 aliphatic rings. The Bertz CT molecular complexity index is 363. The fourth-order valence-electron chi connectivity index (χ4n) is 1.85. The smallest absolute Gasteiger partial charge is 0.0357 e. The van der Waals surface area contributed by atoms with Crippen molar-refractivity contribution in [2.45, 2.75) is 19.3 Å². The minimum absolute atomic E-state index is 0.543. The van der Waals surface area contributed by atoms with E-state index in [-0.39, 0.29) is 0 Å². The Hall–Kier alpha value is -1.37. The van der Waals surface area contributed by atoms with E-state index in [1.807, 2.05) is 6.21 Å². The van der Waals surface area contributed by atoms with Gasteiger partial charge in [0.15, 0.2) is 0 Å². The predicted octanol–water partition coefficient (Wildman–Crippen LogP) is 3.28. The molecule has 1 atom stereocenters. The molecular formula is C13H15N. The molecule has 0 saturated heterocycles. The zero-order valence-corrected chi connectivity index (χ0v) is 8.48. The number of allylic oxidation sites excluding steroid dienone is 1. The molecule has 1 unspecified atom stereocenters. The van der Waals surface area contributed by atoms with Gasteiger partial charge in [-0.2, -0.15) is 0 Å². The van der Waals surface area contributed by atoms with Gasteiger partial charge in [-0.25, -0.2) is 0 Å². The Morgan fingerprint density at radius 2 is 2.21 bits per heavy atom. The monoisotopic (exact) mass is 185 g/mol. The van der Waals surface area contributed by atoms with Crippen LogP contribution in [0.5, 0.6) is 0 Å². The fraction of sp³-hybridized carbons (Fsp3) is 0.308. The lowest BCUT2D eigenvalue weighted by Gasteiger charge is -2.06. The zero-order chi connectivity index (χ0) is 9.80. The fourth-order valence-corrected chi connectivity index (χ4v) is 1.85. The summed E-state index contributed by atoms with van der Waals surface area (Å²) in [6.07, 6.45) is 7.55. The van der Waals surface area contributed by atoms with Gasteiger partial charge in [-0.1, -0.05) is 36.4 Å². The van der Waals surface area contributed by atoms with Crippen molar-refractivity contribution in [3.8, 4) is 0 Å². The molecule has 1 aliphatic carbocycles. The van der Waals surface area contributed by atoms with E-state index < -0.39 is 0 Å². The first-order valence-corrected chi connectivity index (χ1v) is 5.17. The molecule has 0 amide bonds. The Balaban J connectivity index is 2.11. The highest BCUT2D eigenvalue weighted by atomic mass is 14.7. The molecule has 1 heteroatoms. The van der Waals surface area contributed by atoms with Gasteiger partial charge in [0.05, 0.1) is 0 Å². The van der Waals surface area contributed by atoms with Crippen LogP contribution in [-0.2, 0) is 0 Å². The Labute approximate surface area is 85.2 Å². The van der Waals surface area contributed by atoms with Crippen LogP contribution in [0.15, 0.2) is 35.3 Å². The van der Waals surface area contributed by atoms with Crippen molar-refractivity contribution in [3.63, 3.8) is 0 Å². The zero-order valence-electron chi connectivity index (χ0n) is 8.48. The van der Waals surface area contributed by atoms with Crippen LogP contribution in [0.4, 0.5) is 0 Å². The first kappa shape index (κ1) is 9.20. The second-order valence-electron chi connectivity index (χ2n) is 3.51. The van der Waals surface area contributed by atoms with Gasteiger partial charge < -0.3 is 0 Å². The van der Waals surface area contributed by atoms with Crippen molar-refractivity contribution in [3.05, 3.63) is 41.5 Å². The maximum Gasteiger partial charge on any atom is 0.0357 e. The Kier molecular flexibility index (Phi) is 2.78. The summed E-state index contributed by atoms with van der Waals surface area (Å²) in [5.74, 6) is 0.543. The lowest BCUT2D eigenvalue weighted by molar-refractivity contribution is 0.915. The van der Waals surface area contributed by atoms with E-state index in [4.69, 9.17) is 0 Å². The third-order valence-corrected chi connectivity index (χ3v) is 2.57. The molecule has 1 aromatic rings. The number of fused-ring (bicyclic) bond motifs is 1. The summed E-state index contributed by atoms with van der Waals surface area (Å²) < 4.78 is 0. The van der Waals surface area contributed by atoms with Gasteiger partial charge in [-0.05, 0) is 30.7 Å². The quantitative estimate of drug-likeness (QED) is 0.641. The molecular weight excluding hydrogens is 170 g/mol. The van der Waals surface area contributed by atoms with Gasteiger partial charge >= 0.3 is 0 Å². The predicted molar refractivity (Wildman–Crippen MR) is 61.9 cm³/mol. The van der Waals surface area contributed by atoms with E-state index in [1.165, 1.54) is 11.1 Å². The summed E-state index contributed by atoms with van der Waals surface area (Å²) in [6, 6.07) is 8.57. The molecule has 2 rings (SSSR count). The highest BCUT2D eigenvalue weighted by Crippen LogP contribution is 2.31. The van der Waals surface area contributed by atoms with E-state index in [1.54, 1.807) is 0 Å². The molecule has 1 aromatic carbocycles. The molecule has 72 valence electrons. The van der Waals surface area contributed by atoms with Gasteiger partial charge in [0.25, 0.3) is 0 Å². The largest absolute Gasteiger partial charge is 0.298 e. The normalized spacial score (nSPS) is 19.1. The Morgan fingerprint density at radius 3 is 3.07 bits per heavy atom. The van der Waals surface area contributed by atoms with Gasteiger partial charge in [0.2, 0.25) is 0 Å². The summed E-state index contributed by atoms with van der Waals surface area (Å²) in [7, 11) is 0. The summed E-state index contributed by atoms with van der Waals surface area (Å²) >= 11 is 0. The van der Waals surface area contributed by atoms with Crippen LogP contribution in [0.2, 0.25) is 0 Å². The van der Waals surface area contributed by atoms with Crippen molar-refractivity contribution < 1.29 is 0 Å². The van der Waals surface area contributed by atoms with Crippen LogP contribution >= 0.6 is 0 Å². The van der Waals surface area contributed by atoms with Crippen LogP contribution in [0, 0.1) is 0 Å². The van der Waals surface area contributed by atoms with Crippen molar-refractivity contribution in [2.75, 3.05) is 6.54 Å². The number of benzene rings is 1. The summed E-state index contributed by atoms with van der Waals surface area (Å²) in [5.41, 5.74) is 2.80. The third-order valence-electron chi connectivity index (χ3n) is 2.57. The molecule has 0 aromatic heterocycles. The van der Waals surface area contributed by atoms with E-state index in [0.29, 0.717) is 5.92 Å². The van der Waals surface area contributed by atoms with Gasteiger partial charge in [0, 0.05) is 12.5 Å². The minimum atomic E-state index is 0.543. The molecule has 0 heterocycles. The number of hydrogen-bond donors (Lipinski definition) is 0. The van der Waals surface area contributed by atoms with E-state index >= 15 is 0 Å². The lowest BCUT2D eigenvalue weighted by atomic mass is 9.98. The maximum atomic E-state index is 4.25. The summed E-state index contributed by atoms with van der Waals surface area (Å²) in [6.45, 7) is 2.95. The average molecular weight is 185 g/mol. The van der Waals surface area contributed by atoms with Crippen molar-refractivity contribution in [1.29, 1.82) is 0 Å². The molecule has 0 radical (unpaired) electrons. The molecule has 0 bridgehead atoms. The number of rotatable bonds is 3. The molecule has 0 aliphatic heterocycles. The average Bonchev–Trinajstić information content (AvgIpc) is 2.63. The number of aliphatic imine (C=N–C) groups is 1. The first-order chi connectivity index (χ1) is 6.92. The van der Waals surface area contributed by atoms with Crippen LogP contribution in [0.3, 0.4) is 0 Å². The maximum absolute atomic E-state index is 4.25. The van der Waals surface area contributed by atoms with E-state index in [9.17, 15) is 0 Å².